The van der Waals surface area contributed by atoms with Crippen LogP contribution in [-0.4, -0.2) is 16.0 Å². The fourth-order valence-corrected chi connectivity index (χ4v) is 1.68. The van der Waals surface area contributed by atoms with Gasteiger partial charge in [-0.25, -0.2) is 9.37 Å². The number of phenolic OH excluding ortho intramolecular Hbond substituents is 1. The van der Waals surface area contributed by atoms with E-state index in [9.17, 15) is 14.3 Å². The van der Waals surface area contributed by atoms with Crippen LogP contribution in [0.2, 0.25) is 0 Å². The Hall–Kier alpha value is -2.63. The number of hydrogen-bond acceptors (Lipinski definition) is 4. The fraction of sp³-hybridized carbons (Fsp3) is 0.0769. The number of benzene rings is 1. The molecule has 1 aromatic heterocycles. The molecule has 1 amide bonds. The first-order chi connectivity index (χ1) is 9.00. The third-order valence-corrected chi connectivity index (χ3v) is 2.64. The van der Waals surface area contributed by atoms with Crippen molar-refractivity contribution in [2.45, 2.75) is 6.92 Å². The fourth-order valence-electron chi connectivity index (χ4n) is 1.68. The highest BCUT2D eigenvalue weighted by Gasteiger charge is 2.16. The highest BCUT2D eigenvalue weighted by Crippen LogP contribution is 2.24. The molecule has 2 aromatic rings. The second-order valence-electron chi connectivity index (χ2n) is 3.98. The first-order valence-electron chi connectivity index (χ1n) is 5.50. The van der Waals surface area contributed by atoms with Gasteiger partial charge in [-0.2, -0.15) is 0 Å². The summed E-state index contributed by atoms with van der Waals surface area (Å²) in [5.41, 5.74) is 6.33. The average Bonchev–Trinajstić information content (AvgIpc) is 2.35. The Kier molecular flexibility index (Phi) is 3.33. The summed E-state index contributed by atoms with van der Waals surface area (Å²) in [5.74, 6) is -1.93. The van der Waals surface area contributed by atoms with Crippen LogP contribution in [0, 0.1) is 12.7 Å². The van der Waals surface area contributed by atoms with Crippen molar-refractivity contribution in [1.29, 1.82) is 0 Å². The summed E-state index contributed by atoms with van der Waals surface area (Å²) in [7, 11) is 0. The van der Waals surface area contributed by atoms with Crippen molar-refractivity contribution in [2.24, 2.45) is 0 Å². The molecule has 0 aliphatic rings. The van der Waals surface area contributed by atoms with Crippen LogP contribution in [0.15, 0.2) is 30.5 Å². The molecule has 1 aromatic carbocycles. The minimum Gasteiger partial charge on any atom is -0.505 e. The Morgan fingerprint density at radius 1 is 1.42 bits per heavy atom. The summed E-state index contributed by atoms with van der Waals surface area (Å²) < 4.78 is 13.6. The van der Waals surface area contributed by atoms with Gasteiger partial charge in [-0.3, -0.25) is 4.79 Å². The molecule has 0 aliphatic carbocycles. The highest BCUT2D eigenvalue weighted by molar-refractivity contribution is 6.08. The minimum atomic E-state index is -0.893. The summed E-state index contributed by atoms with van der Waals surface area (Å²) in [6.07, 6.45) is 1.48. The maximum atomic E-state index is 13.6. The van der Waals surface area contributed by atoms with Gasteiger partial charge in [0.1, 0.15) is 5.82 Å². The normalized spacial score (nSPS) is 10.2. The predicted octanol–water partition coefficient (Wildman–Crippen LogP) is 2.07. The number of pyridine rings is 1. The SMILES string of the molecule is Cc1ccnc(N)c1C(=O)Nc1cccc(O)c1F. The van der Waals surface area contributed by atoms with Crippen LogP contribution in [0.4, 0.5) is 15.9 Å². The monoisotopic (exact) mass is 261 g/mol. The molecule has 1 heterocycles. The third-order valence-electron chi connectivity index (χ3n) is 2.64. The number of amides is 1. The minimum absolute atomic E-state index is 0.0676. The van der Waals surface area contributed by atoms with Crippen LogP contribution in [-0.2, 0) is 0 Å². The number of halogens is 1. The Bertz CT molecular complexity index is 624. The second-order valence-corrected chi connectivity index (χ2v) is 3.98. The standard InChI is InChI=1S/C13H12FN3O2/c1-7-5-6-16-12(15)10(7)13(19)17-8-3-2-4-9(18)11(8)14/h2-6,18H,1H3,(H2,15,16)(H,17,19). The number of nitrogens with one attached hydrogen (secondary N) is 1. The first-order valence-corrected chi connectivity index (χ1v) is 5.50. The lowest BCUT2D eigenvalue weighted by molar-refractivity contribution is 0.102. The quantitative estimate of drug-likeness (QED) is 0.772. The summed E-state index contributed by atoms with van der Waals surface area (Å²) in [6.45, 7) is 1.70. The van der Waals surface area contributed by atoms with Gasteiger partial charge in [-0.1, -0.05) is 6.07 Å². The molecule has 6 heteroatoms. The zero-order valence-corrected chi connectivity index (χ0v) is 10.1. The molecular weight excluding hydrogens is 249 g/mol. The van der Waals surface area contributed by atoms with E-state index in [1.807, 2.05) is 0 Å². The van der Waals surface area contributed by atoms with E-state index in [1.165, 1.54) is 24.4 Å². The van der Waals surface area contributed by atoms with Crippen molar-refractivity contribution >= 4 is 17.4 Å². The smallest absolute Gasteiger partial charge is 0.259 e. The van der Waals surface area contributed by atoms with Gasteiger partial charge in [0.15, 0.2) is 11.6 Å². The number of phenols is 1. The van der Waals surface area contributed by atoms with Gasteiger partial charge in [0, 0.05) is 6.20 Å². The van der Waals surface area contributed by atoms with Gasteiger partial charge in [-0.15, -0.1) is 0 Å². The van der Waals surface area contributed by atoms with E-state index in [-0.39, 0.29) is 17.1 Å². The van der Waals surface area contributed by atoms with E-state index in [0.717, 1.165) is 0 Å². The van der Waals surface area contributed by atoms with Gasteiger partial charge >= 0.3 is 0 Å². The number of carbonyl (C=O) groups excluding carboxylic acids is 1. The number of anilines is 2. The van der Waals surface area contributed by atoms with Crippen LogP contribution in [0.5, 0.6) is 5.75 Å². The lowest BCUT2D eigenvalue weighted by Gasteiger charge is -2.10. The lowest BCUT2D eigenvalue weighted by Crippen LogP contribution is -2.17. The summed E-state index contributed by atoms with van der Waals surface area (Å²) in [6, 6.07) is 5.58. The molecule has 2 rings (SSSR count). The number of aromatic nitrogens is 1. The van der Waals surface area contributed by atoms with Crippen LogP contribution in [0.3, 0.4) is 0 Å². The molecule has 0 saturated heterocycles. The zero-order chi connectivity index (χ0) is 14.0. The number of nitrogens with two attached hydrogens (primary N) is 1. The molecule has 0 unspecified atom stereocenters. The largest absolute Gasteiger partial charge is 0.505 e. The van der Waals surface area contributed by atoms with E-state index < -0.39 is 17.5 Å². The van der Waals surface area contributed by atoms with E-state index in [0.29, 0.717) is 5.56 Å². The molecular formula is C13H12FN3O2. The second kappa shape index (κ2) is 4.93. The molecule has 0 bridgehead atoms. The number of rotatable bonds is 2. The molecule has 0 fully saturated rings. The van der Waals surface area contributed by atoms with Crippen molar-refractivity contribution in [3.8, 4) is 5.75 Å². The van der Waals surface area contributed by atoms with E-state index >= 15 is 0 Å². The summed E-state index contributed by atoms with van der Waals surface area (Å²) in [4.78, 5) is 15.9. The number of aromatic hydroxyl groups is 1. The first kappa shape index (κ1) is 12.8. The Labute approximate surface area is 108 Å². The van der Waals surface area contributed by atoms with Gasteiger partial charge < -0.3 is 16.2 Å². The van der Waals surface area contributed by atoms with Gasteiger partial charge in [0.25, 0.3) is 5.91 Å². The van der Waals surface area contributed by atoms with Gasteiger partial charge in [0.2, 0.25) is 0 Å². The predicted molar refractivity (Wildman–Crippen MR) is 69.4 cm³/mol. The van der Waals surface area contributed by atoms with Crippen LogP contribution < -0.4 is 11.1 Å². The van der Waals surface area contributed by atoms with E-state index in [1.54, 1.807) is 13.0 Å². The molecule has 0 aliphatic heterocycles. The van der Waals surface area contributed by atoms with Gasteiger partial charge in [0.05, 0.1) is 11.3 Å². The summed E-state index contributed by atoms with van der Waals surface area (Å²) in [5, 5.41) is 11.6. The average molecular weight is 261 g/mol. The van der Waals surface area contributed by atoms with Crippen LogP contribution >= 0.6 is 0 Å². The Morgan fingerprint density at radius 3 is 2.84 bits per heavy atom. The maximum absolute atomic E-state index is 13.6. The van der Waals surface area contributed by atoms with Crippen molar-refractivity contribution in [3.05, 3.63) is 47.4 Å². The maximum Gasteiger partial charge on any atom is 0.259 e. The Morgan fingerprint density at radius 2 is 2.16 bits per heavy atom. The Balaban J connectivity index is 2.34. The number of hydrogen-bond donors (Lipinski definition) is 3. The highest BCUT2D eigenvalue weighted by atomic mass is 19.1. The van der Waals surface area contributed by atoms with Crippen molar-refractivity contribution in [1.82, 2.24) is 4.98 Å². The number of nitrogens with zero attached hydrogens (tertiary/aromatic N) is 1. The zero-order valence-electron chi connectivity index (χ0n) is 10.1. The number of aryl methyl sites for hydroxylation is 1. The molecule has 0 saturated carbocycles. The van der Waals surface area contributed by atoms with Crippen LogP contribution in [0.1, 0.15) is 15.9 Å². The molecule has 0 radical (unpaired) electrons. The van der Waals surface area contributed by atoms with Crippen LogP contribution in [0.25, 0.3) is 0 Å². The molecule has 98 valence electrons. The van der Waals surface area contributed by atoms with E-state index in [4.69, 9.17) is 5.73 Å². The molecule has 19 heavy (non-hydrogen) atoms. The summed E-state index contributed by atoms with van der Waals surface area (Å²) >= 11 is 0. The third kappa shape index (κ3) is 2.47. The van der Waals surface area contributed by atoms with E-state index in [2.05, 4.69) is 10.3 Å². The molecule has 0 spiro atoms. The van der Waals surface area contributed by atoms with Gasteiger partial charge in [-0.05, 0) is 30.7 Å². The van der Waals surface area contributed by atoms with Crippen molar-refractivity contribution < 1.29 is 14.3 Å². The van der Waals surface area contributed by atoms with Crippen molar-refractivity contribution in [2.75, 3.05) is 11.1 Å². The lowest BCUT2D eigenvalue weighted by atomic mass is 10.1. The van der Waals surface area contributed by atoms with Crippen molar-refractivity contribution in [3.63, 3.8) is 0 Å². The number of nitrogen functional groups attached to an aromatic ring is 1. The molecule has 5 nitrogen and oxygen atoms in total. The number of carbonyl (C=O) groups is 1. The molecule has 0 atom stereocenters. The topological polar surface area (TPSA) is 88.2 Å². The molecule has 4 N–H and O–H groups in total.